The number of piperidine rings is 1. The van der Waals surface area contributed by atoms with E-state index in [2.05, 4.69) is 53.1 Å². The molecule has 3 heterocycles. The molecule has 0 radical (unpaired) electrons. The van der Waals surface area contributed by atoms with Crippen molar-refractivity contribution in [2.24, 2.45) is 16.8 Å². The van der Waals surface area contributed by atoms with E-state index in [-0.39, 0.29) is 17.8 Å². The molecule has 3 aromatic carbocycles. The summed E-state index contributed by atoms with van der Waals surface area (Å²) >= 11 is 0. The van der Waals surface area contributed by atoms with Crippen molar-refractivity contribution in [1.82, 2.24) is 14.5 Å². The van der Waals surface area contributed by atoms with E-state index in [1.54, 1.807) is 0 Å². The van der Waals surface area contributed by atoms with E-state index in [9.17, 15) is 4.79 Å². The van der Waals surface area contributed by atoms with E-state index < -0.39 is 0 Å². The van der Waals surface area contributed by atoms with Gasteiger partial charge in [0.25, 0.3) is 0 Å². The fraction of sp³-hybridized carbons (Fsp3) is 0.355. The highest BCUT2D eigenvalue weighted by Crippen LogP contribution is 2.36. The van der Waals surface area contributed by atoms with Crippen molar-refractivity contribution in [3.05, 3.63) is 88.3 Å². The molecule has 1 aromatic heterocycles. The number of benzene rings is 3. The molecule has 41 heavy (non-hydrogen) atoms. The molecule has 1 saturated heterocycles. The fourth-order valence-corrected chi connectivity index (χ4v) is 6.00. The molecule has 0 amide bonds. The van der Waals surface area contributed by atoms with Crippen molar-refractivity contribution in [2.45, 2.75) is 44.7 Å². The van der Waals surface area contributed by atoms with Gasteiger partial charge in [-0.1, -0.05) is 50.2 Å². The molecule has 10 heteroatoms. The van der Waals surface area contributed by atoms with Gasteiger partial charge in [0.2, 0.25) is 0 Å². The number of hydrazone groups is 1. The molecule has 0 spiro atoms. The van der Waals surface area contributed by atoms with Gasteiger partial charge >= 0.3 is 5.69 Å². The number of hydrogen-bond donors (Lipinski definition) is 3. The third kappa shape index (κ3) is 5.16. The second kappa shape index (κ2) is 11.3. The lowest BCUT2D eigenvalue weighted by molar-refractivity contribution is 0.164. The predicted molar refractivity (Wildman–Crippen MR) is 161 cm³/mol. The lowest BCUT2D eigenvalue weighted by Crippen LogP contribution is -2.49. The van der Waals surface area contributed by atoms with Gasteiger partial charge in [0.1, 0.15) is 13.2 Å². The van der Waals surface area contributed by atoms with E-state index in [0.29, 0.717) is 42.2 Å². The van der Waals surface area contributed by atoms with E-state index in [1.807, 2.05) is 47.0 Å². The molecule has 1 fully saturated rings. The molecule has 4 aromatic rings. The number of hydrazine groups is 1. The second-order valence-electron chi connectivity index (χ2n) is 11.0. The standard InChI is InChI=1S/C31H37N7O3/c1-20(2)21-7-9-22(10-8-21)29(30(35-32)38(33)24-11-12-27-28(19-24)41-18-17-40-27)36-15-13-23(14-16-36)37-26-6-4-3-5-25(26)34-31(37)39/h3-12,19-20,23,29H,13-18,32-33H2,1-2H3,(H,34,39)/b35-30-. The maximum absolute atomic E-state index is 12.9. The number of rotatable bonds is 6. The number of H-pyrrole nitrogens is 1. The first-order valence-corrected chi connectivity index (χ1v) is 14.2. The van der Waals surface area contributed by atoms with Crippen LogP contribution >= 0.6 is 0 Å². The minimum absolute atomic E-state index is 0.0681. The maximum atomic E-state index is 12.9. The number of para-hydroxylation sites is 2. The van der Waals surface area contributed by atoms with Gasteiger partial charge in [-0.05, 0) is 54.2 Å². The molecule has 0 aliphatic carbocycles. The number of amidine groups is 1. The minimum Gasteiger partial charge on any atom is -0.486 e. The molecule has 2 aliphatic heterocycles. The molecule has 10 nitrogen and oxygen atoms in total. The average molecular weight is 556 g/mol. The zero-order chi connectivity index (χ0) is 28.5. The summed E-state index contributed by atoms with van der Waals surface area (Å²) in [6, 6.07) is 21.8. The van der Waals surface area contributed by atoms with Crippen molar-refractivity contribution in [3.63, 3.8) is 0 Å². The van der Waals surface area contributed by atoms with Crippen LogP contribution in [0.3, 0.4) is 0 Å². The monoisotopic (exact) mass is 555 g/mol. The Morgan fingerprint density at radius 3 is 2.37 bits per heavy atom. The van der Waals surface area contributed by atoms with Crippen LogP contribution in [0.2, 0.25) is 0 Å². The quantitative estimate of drug-likeness (QED) is 0.140. The molecular weight excluding hydrogens is 518 g/mol. The SMILES string of the molecule is CC(C)c1ccc(C(/C(=N/N)N(N)c2ccc3c(c2)OCCO3)N2CCC(n3c(=O)[nH]c4ccccc43)CC2)cc1. The van der Waals surface area contributed by atoms with Crippen molar-refractivity contribution in [1.29, 1.82) is 0 Å². The molecule has 5 N–H and O–H groups in total. The third-order valence-corrected chi connectivity index (χ3v) is 8.20. The molecule has 2 aliphatic rings. The van der Waals surface area contributed by atoms with Gasteiger partial charge in [-0.2, -0.15) is 5.10 Å². The van der Waals surface area contributed by atoms with Crippen molar-refractivity contribution < 1.29 is 9.47 Å². The number of aromatic nitrogens is 2. The summed E-state index contributed by atoms with van der Waals surface area (Å²) in [4.78, 5) is 18.2. The Morgan fingerprint density at radius 1 is 0.976 bits per heavy atom. The number of aromatic amines is 1. The Kier molecular flexibility index (Phi) is 7.42. The number of likely N-dealkylation sites (tertiary alicyclic amines) is 1. The van der Waals surface area contributed by atoms with Crippen molar-refractivity contribution >= 4 is 22.6 Å². The molecule has 214 valence electrons. The highest BCUT2D eigenvalue weighted by Gasteiger charge is 2.34. The minimum atomic E-state index is -0.292. The van der Waals surface area contributed by atoms with Crippen LogP contribution in [0.4, 0.5) is 5.69 Å². The van der Waals surface area contributed by atoms with Crippen LogP contribution in [-0.2, 0) is 0 Å². The second-order valence-corrected chi connectivity index (χ2v) is 11.0. The summed E-state index contributed by atoms with van der Waals surface area (Å²) in [7, 11) is 0. The van der Waals surface area contributed by atoms with Crippen LogP contribution in [0, 0.1) is 0 Å². The van der Waals surface area contributed by atoms with Crippen LogP contribution in [-0.4, -0.2) is 46.6 Å². The molecule has 6 rings (SSSR count). The van der Waals surface area contributed by atoms with Gasteiger partial charge < -0.3 is 20.3 Å². The van der Waals surface area contributed by atoms with Crippen LogP contribution in [0.5, 0.6) is 11.5 Å². The summed E-state index contributed by atoms with van der Waals surface area (Å²) in [5.74, 6) is 15.1. The Morgan fingerprint density at radius 2 is 1.66 bits per heavy atom. The Hall–Kier alpha value is -4.28. The molecule has 0 bridgehead atoms. The third-order valence-electron chi connectivity index (χ3n) is 8.20. The number of anilines is 1. The van der Waals surface area contributed by atoms with E-state index in [1.165, 1.54) is 10.6 Å². The number of imidazole rings is 1. The molecule has 1 atom stereocenters. The normalized spacial score (nSPS) is 17.2. The van der Waals surface area contributed by atoms with E-state index in [0.717, 1.165) is 42.5 Å². The zero-order valence-corrected chi connectivity index (χ0v) is 23.5. The van der Waals surface area contributed by atoms with Crippen LogP contribution in [0.25, 0.3) is 11.0 Å². The van der Waals surface area contributed by atoms with Crippen LogP contribution in [0.1, 0.15) is 55.8 Å². The lowest BCUT2D eigenvalue weighted by atomic mass is 9.95. The van der Waals surface area contributed by atoms with Gasteiger partial charge in [0.15, 0.2) is 17.3 Å². The average Bonchev–Trinajstić information content (AvgIpc) is 3.35. The summed E-state index contributed by atoms with van der Waals surface area (Å²) in [6.45, 7) is 6.84. The summed E-state index contributed by atoms with van der Waals surface area (Å²) in [5.41, 5.74) is 4.73. The van der Waals surface area contributed by atoms with Gasteiger partial charge in [-0.25, -0.2) is 10.6 Å². The van der Waals surface area contributed by atoms with Gasteiger partial charge in [0, 0.05) is 25.2 Å². The number of nitrogens with two attached hydrogens (primary N) is 2. The first-order chi connectivity index (χ1) is 19.9. The lowest BCUT2D eigenvalue weighted by Gasteiger charge is -2.40. The Labute approximate surface area is 239 Å². The van der Waals surface area contributed by atoms with Crippen LogP contribution < -0.4 is 31.9 Å². The fourth-order valence-electron chi connectivity index (χ4n) is 6.00. The first-order valence-electron chi connectivity index (χ1n) is 14.2. The van der Waals surface area contributed by atoms with Gasteiger partial charge in [-0.3, -0.25) is 14.5 Å². The topological polar surface area (TPSA) is 127 Å². The maximum Gasteiger partial charge on any atom is 0.326 e. The van der Waals surface area contributed by atoms with Gasteiger partial charge in [0.05, 0.1) is 22.8 Å². The van der Waals surface area contributed by atoms with E-state index >= 15 is 0 Å². The van der Waals surface area contributed by atoms with Crippen LogP contribution in [0.15, 0.2) is 76.6 Å². The van der Waals surface area contributed by atoms with Crippen molar-refractivity contribution in [3.8, 4) is 11.5 Å². The summed E-state index contributed by atoms with van der Waals surface area (Å²) < 4.78 is 13.4. The molecule has 1 unspecified atom stereocenters. The largest absolute Gasteiger partial charge is 0.486 e. The van der Waals surface area contributed by atoms with Crippen molar-refractivity contribution in [2.75, 3.05) is 31.3 Å². The smallest absolute Gasteiger partial charge is 0.326 e. The molecular formula is C31H37N7O3. The Balaban J connectivity index is 1.31. The number of hydrogen-bond acceptors (Lipinski definition) is 7. The Bertz CT molecular complexity index is 1600. The zero-order valence-electron chi connectivity index (χ0n) is 23.5. The highest BCUT2D eigenvalue weighted by molar-refractivity contribution is 6.01. The number of nitrogens with zero attached hydrogens (tertiary/aromatic N) is 4. The summed E-state index contributed by atoms with van der Waals surface area (Å²) in [5, 5.41) is 5.79. The number of nitrogens with one attached hydrogen (secondary N) is 1. The summed E-state index contributed by atoms with van der Waals surface area (Å²) in [6.07, 6.45) is 1.60. The number of fused-ring (bicyclic) bond motifs is 2. The molecule has 0 saturated carbocycles. The van der Waals surface area contributed by atoms with E-state index in [4.69, 9.17) is 21.2 Å². The number of ether oxygens (including phenoxy) is 2. The van der Waals surface area contributed by atoms with Gasteiger partial charge in [-0.15, -0.1) is 0 Å². The first kappa shape index (κ1) is 26.9. The predicted octanol–water partition coefficient (Wildman–Crippen LogP) is 4.25. The highest BCUT2D eigenvalue weighted by atomic mass is 16.6.